The Balaban J connectivity index is 1.68. The van der Waals surface area contributed by atoms with Crippen LogP contribution in [0.25, 0.3) is 0 Å². The summed E-state index contributed by atoms with van der Waals surface area (Å²) in [6.07, 6.45) is -15.0. The summed E-state index contributed by atoms with van der Waals surface area (Å²) in [5.74, 6) is -3.64. The van der Waals surface area contributed by atoms with Crippen molar-refractivity contribution in [3.05, 3.63) is 92.7 Å². The molecule has 4 rings (SSSR count). The number of amides is 2. The fourth-order valence-corrected chi connectivity index (χ4v) is 4.85. The minimum atomic E-state index is -5.21. The number of halogens is 11. The molecular formula is C28H19BrF10N2O2. The maximum atomic E-state index is 15.8. The quantitative estimate of drug-likeness (QED) is 0.253. The van der Waals surface area contributed by atoms with E-state index in [-0.39, 0.29) is 24.1 Å². The van der Waals surface area contributed by atoms with E-state index in [0.717, 1.165) is 41.3 Å². The van der Waals surface area contributed by atoms with Crippen LogP contribution in [0, 0.1) is 11.7 Å². The van der Waals surface area contributed by atoms with Crippen molar-refractivity contribution in [3.8, 4) is 0 Å². The minimum absolute atomic E-state index is 0.0493. The van der Waals surface area contributed by atoms with Crippen molar-refractivity contribution >= 4 is 39.1 Å². The van der Waals surface area contributed by atoms with Crippen LogP contribution in [0.1, 0.15) is 50.2 Å². The molecule has 2 amide bonds. The van der Waals surface area contributed by atoms with Gasteiger partial charge < -0.3 is 10.2 Å². The molecule has 1 fully saturated rings. The number of nitrogens with zero attached hydrogens (tertiary/aromatic N) is 1. The van der Waals surface area contributed by atoms with Gasteiger partial charge in [-0.25, -0.2) is 4.39 Å². The van der Waals surface area contributed by atoms with E-state index in [1.54, 1.807) is 0 Å². The lowest BCUT2D eigenvalue weighted by atomic mass is 10.0. The third-order valence-electron chi connectivity index (χ3n) is 6.45. The largest absolute Gasteiger partial charge is 0.418 e. The number of benzene rings is 3. The van der Waals surface area contributed by atoms with E-state index in [1.807, 2.05) is 5.32 Å². The average Bonchev–Trinajstić information content (AvgIpc) is 3.71. The molecule has 0 heterocycles. The first-order chi connectivity index (χ1) is 19.8. The molecule has 4 nitrogen and oxygen atoms in total. The van der Waals surface area contributed by atoms with Gasteiger partial charge in [-0.15, -0.1) is 0 Å². The molecule has 1 N–H and O–H groups in total. The zero-order valence-electron chi connectivity index (χ0n) is 21.5. The highest BCUT2D eigenvalue weighted by Crippen LogP contribution is 2.41. The number of rotatable bonds is 7. The first-order valence-corrected chi connectivity index (χ1v) is 13.2. The van der Waals surface area contributed by atoms with Gasteiger partial charge in [0.05, 0.1) is 34.5 Å². The van der Waals surface area contributed by atoms with E-state index >= 15 is 4.39 Å². The number of alkyl halides is 9. The smallest absolute Gasteiger partial charge is 0.320 e. The number of carbonyl (C=O) groups is 2. The van der Waals surface area contributed by atoms with E-state index in [9.17, 15) is 49.1 Å². The number of hydrogen-bond donors (Lipinski definition) is 1. The van der Waals surface area contributed by atoms with Gasteiger partial charge in [0.2, 0.25) is 0 Å². The molecule has 0 radical (unpaired) electrons. The molecule has 1 saturated carbocycles. The Labute approximate surface area is 245 Å². The van der Waals surface area contributed by atoms with Crippen LogP contribution >= 0.6 is 15.9 Å². The molecule has 43 heavy (non-hydrogen) atoms. The summed E-state index contributed by atoms with van der Waals surface area (Å²) >= 11 is 2.75. The van der Waals surface area contributed by atoms with Gasteiger partial charge in [0.15, 0.2) is 5.82 Å². The molecule has 15 heteroatoms. The van der Waals surface area contributed by atoms with Crippen molar-refractivity contribution in [2.75, 3.05) is 16.8 Å². The Kier molecular flexibility index (Phi) is 8.87. The standard InChI is InChI=1S/C28H19BrF10N2O2/c29-20-11-15(12-26(31,32)33)10-19(28(37,38)39)23(20)40-24(42)18-2-1-3-21(22(18)30)41(13-14-4-5-14)25(43)16-6-8-17(9-7-16)27(34,35)36/h1-3,6-11,14H,4-5,12-13H2,(H,40,42). The second-order valence-corrected chi connectivity index (χ2v) is 10.7. The van der Waals surface area contributed by atoms with Crippen LogP contribution in [-0.2, 0) is 18.8 Å². The molecule has 0 unspecified atom stereocenters. The van der Waals surface area contributed by atoms with Crippen molar-refractivity contribution < 1.29 is 53.5 Å². The van der Waals surface area contributed by atoms with Gasteiger partial charge in [-0.3, -0.25) is 9.59 Å². The second kappa shape index (κ2) is 11.8. The summed E-state index contributed by atoms with van der Waals surface area (Å²) in [5, 5.41) is 1.90. The molecule has 3 aromatic carbocycles. The lowest BCUT2D eigenvalue weighted by Gasteiger charge is -2.24. The van der Waals surface area contributed by atoms with Crippen LogP contribution in [0.2, 0.25) is 0 Å². The Morgan fingerprint density at radius 2 is 1.51 bits per heavy atom. The molecule has 230 valence electrons. The minimum Gasteiger partial charge on any atom is -0.320 e. The van der Waals surface area contributed by atoms with Crippen LogP contribution in [0.3, 0.4) is 0 Å². The predicted octanol–water partition coefficient (Wildman–Crippen LogP) is 9.04. The van der Waals surface area contributed by atoms with Gasteiger partial charge >= 0.3 is 18.5 Å². The Hall–Kier alpha value is -3.62. The summed E-state index contributed by atoms with van der Waals surface area (Å²) in [6.45, 7) is -0.0493. The number of anilines is 2. The van der Waals surface area contributed by atoms with Gasteiger partial charge in [-0.1, -0.05) is 6.07 Å². The van der Waals surface area contributed by atoms with Crippen molar-refractivity contribution in [2.45, 2.75) is 37.8 Å². The molecular weight excluding hydrogens is 666 g/mol. The molecule has 1 aliphatic rings. The SMILES string of the molecule is O=C(Nc1c(Br)cc(CC(F)(F)F)cc1C(F)(F)F)c1cccc(N(CC2CC2)C(=O)c2ccc(C(F)(F)F)cc2)c1F. The van der Waals surface area contributed by atoms with Crippen molar-refractivity contribution in [3.63, 3.8) is 0 Å². The third-order valence-corrected chi connectivity index (χ3v) is 7.08. The topological polar surface area (TPSA) is 49.4 Å². The Morgan fingerprint density at radius 1 is 0.884 bits per heavy atom. The Bertz CT molecular complexity index is 1530. The molecule has 3 aromatic rings. The summed E-state index contributed by atoms with van der Waals surface area (Å²) in [5.41, 5.74) is -5.77. The van der Waals surface area contributed by atoms with Crippen LogP contribution in [0.4, 0.5) is 55.3 Å². The van der Waals surface area contributed by atoms with Crippen LogP contribution in [0.15, 0.2) is 59.1 Å². The van der Waals surface area contributed by atoms with Crippen LogP contribution in [-0.4, -0.2) is 24.5 Å². The van der Waals surface area contributed by atoms with Crippen molar-refractivity contribution in [1.29, 1.82) is 0 Å². The maximum absolute atomic E-state index is 15.8. The molecule has 0 bridgehead atoms. The predicted molar refractivity (Wildman–Crippen MR) is 139 cm³/mol. The second-order valence-electron chi connectivity index (χ2n) is 9.82. The molecule has 0 saturated heterocycles. The summed E-state index contributed by atoms with van der Waals surface area (Å²) in [6, 6.07) is 7.35. The molecule has 1 aliphatic carbocycles. The fourth-order valence-electron chi connectivity index (χ4n) is 4.24. The van der Waals surface area contributed by atoms with Gasteiger partial charge in [-0.05, 0) is 88.8 Å². The highest BCUT2D eigenvalue weighted by molar-refractivity contribution is 9.10. The highest BCUT2D eigenvalue weighted by Gasteiger charge is 2.38. The first kappa shape index (κ1) is 32.3. The molecule has 0 aromatic heterocycles. The number of nitrogens with one attached hydrogen (secondary N) is 1. The van der Waals surface area contributed by atoms with Crippen LogP contribution < -0.4 is 10.2 Å². The molecule has 0 aliphatic heterocycles. The van der Waals surface area contributed by atoms with Crippen molar-refractivity contribution in [1.82, 2.24) is 0 Å². The number of carbonyl (C=O) groups excluding carboxylic acids is 2. The van der Waals surface area contributed by atoms with Gasteiger partial charge in [0, 0.05) is 16.6 Å². The average molecular weight is 685 g/mol. The number of hydrogen-bond acceptors (Lipinski definition) is 2. The Morgan fingerprint density at radius 3 is 2.05 bits per heavy atom. The summed E-state index contributed by atoms with van der Waals surface area (Å²) in [7, 11) is 0. The normalized spacial score (nSPS) is 14.0. The zero-order chi connectivity index (χ0) is 31.9. The van der Waals surface area contributed by atoms with E-state index < -0.39 is 80.7 Å². The van der Waals surface area contributed by atoms with Crippen molar-refractivity contribution in [2.24, 2.45) is 5.92 Å². The molecule has 0 spiro atoms. The van der Waals surface area contributed by atoms with E-state index in [0.29, 0.717) is 25.0 Å². The maximum Gasteiger partial charge on any atom is 0.418 e. The zero-order valence-corrected chi connectivity index (χ0v) is 23.1. The van der Waals surface area contributed by atoms with Crippen LogP contribution in [0.5, 0.6) is 0 Å². The van der Waals surface area contributed by atoms with Gasteiger partial charge in [0.1, 0.15) is 0 Å². The fraction of sp³-hybridized carbons (Fsp3) is 0.286. The molecule has 0 atom stereocenters. The van der Waals surface area contributed by atoms with E-state index in [2.05, 4.69) is 15.9 Å². The monoisotopic (exact) mass is 684 g/mol. The highest BCUT2D eigenvalue weighted by atomic mass is 79.9. The first-order valence-electron chi connectivity index (χ1n) is 12.4. The van der Waals surface area contributed by atoms with E-state index in [1.165, 1.54) is 0 Å². The van der Waals surface area contributed by atoms with E-state index in [4.69, 9.17) is 0 Å². The lowest BCUT2D eigenvalue weighted by Crippen LogP contribution is -2.34. The third kappa shape index (κ3) is 7.86. The van der Waals surface area contributed by atoms with Gasteiger partial charge in [0.25, 0.3) is 11.8 Å². The van der Waals surface area contributed by atoms with Gasteiger partial charge in [-0.2, -0.15) is 39.5 Å². The summed E-state index contributed by atoms with van der Waals surface area (Å²) in [4.78, 5) is 27.3. The lowest BCUT2D eigenvalue weighted by molar-refractivity contribution is -0.138. The summed E-state index contributed by atoms with van der Waals surface area (Å²) < 4.78 is 134.